The van der Waals surface area contributed by atoms with E-state index in [-0.39, 0.29) is 11.6 Å². The number of carbonyl (C=O) groups is 1. The van der Waals surface area contributed by atoms with Crippen LogP contribution in [-0.4, -0.2) is 79.3 Å². The van der Waals surface area contributed by atoms with E-state index >= 15 is 0 Å². The Bertz CT molecular complexity index is 1580. The van der Waals surface area contributed by atoms with Gasteiger partial charge in [0.2, 0.25) is 10.0 Å². The molecule has 2 aromatic heterocycles. The third-order valence-electron chi connectivity index (χ3n) is 6.62. The second-order valence-electron chi connectivity index (χ2n) is 9.47. The summed E-state index contributed by atoms with van der Waals surface area (Å²) in [4.78, 5) is 22.5. The van der Waals surface area contributed by atoms with Crippen molar-refractivity contribution >= 4 is 44.6 Å². The van der Waals surface area contributed by atoms with Crippen LogP contribution in [0.3, 0.4) is 0 Å². The maximum Gasteiger partial charge on any atom is 0.274 e. The molecule has 0 saturated carbocycles. The molecular weight excluding hydrogens is 538 g/mol. The number of nitrogens with zero attached hydrogens (tertiary/aromatic N) is 5. The number of aromatic nitrogens is 3. The monoisotopic (exact) mass is 567 g/mol. The number of rotatable bonds is 9. The molecule has 3 heterocycles. The molecule has 0 aliphatic carbocycles. The number of halogens is 1. The molecule has 2 N–H and O–H groups in total. The topological polar surface area (TPSA) is 112 Å². The predicted molar refractivity (Wildman–Crippen MR) is 154 cm³/mol. The van der Waals surface area contributed by atoms with E-state index in [1.54, 1.807) is 29.0 Å². The molecule has 10 nitrogen and oxygen atoms in total. The Labute approximate surface area is 232 Å². The summed E-state index contributed by atoms with van der Waals surface area (Å²) in [5, 5.41) is 8.02. The van der Waals surface area contributed by atoms with E-state index in [2.05, 4.69) is 29.9 Å². The number of amides is 1. The summed E-state index contributed by atoms with van der Waals surface area (Å²) in [5.74, 6) is -0.305. The lowest BCUT2D eigenvalue weighted by atomic mass is 10.1. The van der Waals surface area contributed by atoms with Gasteiger partial charge in [-0.2, -0.15) is 5.10 Å². The summed E-state index contributed by atoms with van der Waals surface area (Å²) in [6.45, 7) is 4.58. The number of fused-ring (bicyclic) bond motifs is 1. The Balaban J connectivity index is 1.25. The van der Waals surface area contributed by atoms with Crippen LogP contribution in [0.5, 0.6) is 0 Å². The molecule has 5 rings (SSSR count). The van der Waals surface area contributed by atoms with Gasteiger partial charge in [0, 0.05) is 49.5 Å². The van der Waals surface area contributed by atoms with Crippen LogP contribution in [0.25, 0.3) is 16.8 Å². The van der Waals surface area contributed by atoms with Crippen molar-refractivity contribution in [3.05, 3.63) is 77.7 Å². The normalized spacial score (nSPS) is 14.6. The van der Waals surface area contributed by atoms with Crippen molar-refractivity contribution in [3.8, 4) is 11.1 Å². The minimum Gasteiger partial charge on any atom is -0.367 e. The zero-order chi connectivity index (χ0) is 27.4. The Hall–Kier alpha value is -3.51. The fraction of sp³-hybridized carbons (Fsp3) is 0.296. The third-order valence-corrected chi connectivity index (χ3v) is 7.58. The van der Waals surface area contributed by atoms with Gasteiger partial charge in [0.05, 0.1) is 23.8 Å². The van der Waals surface area contributed by atoms with Gasteiger partial charge >= 0.3 is 0 Å². The molecule has 1 fully saturated rings. The minimum atomic E-state index is -3.16. The number of hydrogen-bond donors (Lipinski definition) is 2. The fourth-order valence-electron chi connectivity index (χ4n) is 4.67. The van der Waals surface area contributed by atoms with Gasteiger partial charge in [-0.25, -0.2) is 22.6 Å². The first kappa shape index (κ1) is 27.1. The van der Waals surface area contributed by atoms with Crippen molar-refractivity contribution in [1.29, 1.82) is 0 Å². The van der Waals surface area contributed by atoms with Gasteiger partial charge < -0.3 is 10.2 Å². The Kier molecular flexibility index (Phi) is 8.12. The lowest BCUT2D eigenvalue weighted by Gasteiger charge is -2.37. The average Bonchev–Trinajstić information content (AvgIpc) is 3.35. The number of nitrogens with one attached hydrogen (secondary N) is 2. The molecular formula is C27H30ClN7O3S. The highest BCUT2D eigenvalue weighted by Gasteiger charge is 2.21. The van der Waals surface area contributed by atoms with Crippen molar-refractivity contribution in [3.63, 3.8) is 0 Å². The second-order valence-corrected chi connectivity index (χ2v) is 11.7. The molecule has 1 amide bonds. The van der Waals surface area contributed by atoms with Gasteiger partial charge in [-0.05, 0) is 48.9 Å². The second kappa shape index (κ2) is 11.7. The van der Waals surface area contributed by atoms with E-state index in [4.69, 9.17) is 11.6 Å². The van der Waals surface area contributed by atoms with Crippen LogP contribution in [0, 0.1) is 0 Å². The maximum atomic E-state index is 13.3. The van der Waals surface area contributed by atoms with Crippen LogP contribution >= 0.6 is 11.6 Å². The molecule has 1 aliphatic heterocycles. The van der Waals surface area contributed by atoms with E-state index < -0.39 is 10.0 Å². The van der Waals surface area contributed by atoms with Gasteiger partial charge in [-0.1, -0.05) is 35.9 Å². The average molecular weight is 568 g/mol. The van der Waals surface area contributed by atoms with Crippen LogP contribution in [0.15, 0.2) is 67.0 Å². The highest BCUT2D eigenvalue weighted by Crippen LogP contribution is 2.28. The first-order valence-electron chi connectivity index (χ1n) is 12.7. The summed E-state index contributed by atoms with van der Waals surface area (Å²) >= 11 is 6.17. The van der Waals surface area contributed by atoms with E-state index in [9.17, 15) is 13.2 Å². The predicted octanol–water partition coefficient (Wildman–Crippen LogP) is 3.36. The summed E-state index contributed by atoms with van der Waals surface area (Å²) in [6.07, 6.45) is 5.37. The highest BCUT2D eigenvalue weighted by molar-refractivity contribution is 7.88. The first-order valence-corrected chi connectivity index (χ1v) is 15.0. The van der Waals surface area contributed by atoms with E-state index in [0.717, 1.165) is 61.6 Å². The van der Waals surface area contributed by atoms with Crippen LogP contribution in [-0.2, 0) is 10.0 Å². The van der Waals surface area contributed by atoms with Gasteiger partial charge in [0.25, 0.3) is 5.91 Å². The van der Waals surface area contributed by atoms with Crippen LogP contribution in [0.4, 0.5) is 11.4 Å². The zero-order valence-electron chi connectivity index (χ0n) is 21.5. The number of sulfonamides is 1. The van der Waals surface area contributed by atoms with Crippen LogP contribution < -0.4 is 14.9 Å². The minimum absolute atomic E-state index is 0.286. The molecule has 12 heteroatoms. The molecule has 0 unspecified atom stereocenters. The molecule has 39 heavy (non-hydrogen) atoms. The first-order chi connectivity index (χ1) is 18.8. The molecule has 1 saturated heterocycles. The fourth-order valence-corrected chi connectivity index (χ4v) is 5.37. The maximum absolute atomic E-state index is 13.3. The largest absolute Gasteiger partial charge is 0.367 e. The molecule has 4 aromatic rings. The molecule has 1 aliphatic rings. The van der Waals surface area contributed by atoms with Crippen molar-refractivity contribution in [2.24, 2.45) is 0 Å². The van der Waals surface area contributed by atoms with Crippen molar-refractivity contribution in [2.45, 2.75) is 6.42 Å². The standard InChI is InChI=1S/C27H30ClN7O3S/c1-39(37,38)30-11-5-12-33-14-16-34(17-15-33)25-9-3-2-8-23(25)32-27(36)24-10-13-35-26(31-24)22(19-29-35)20-6-4-7-21(28)18-20/h2-4,6-10,13,18-19,30H,5,11-12,14-17H2,1H3,(H,32,36). The number of benzene rings is 2. The highest BCUT2D eigenvalue weighted by atomic mass is 35.5. The van der Waals surface area contributed by atoms with Gasteiger partial charge in [0.15, 0.2) is 5.65 Å². The molecule has 0 atom stereocenters. The zero-order valence-corrected chi connectivity index (χ0v) is 23.1. The number of carbonyl (C=O) groups excluding carboxylic acids is 1. The summed E-state index contributed by atoms with van der Waals surface area (Å²) in [6, 6.07) is 16.9. The molecule has 0 spiro atoms. The van der Waals surface area contributed by atoms with Gasteiger partial charge in [-0.15, -0.1) is 0 Å². The summed E-state index contributed by atoms with van der Waals surface area (Å²) in [7, 11) is -3.16. The number of hydrogen-bond acceptors (Lipinski definition) is 7. The third kappa shape index (κ3) is 6.74. The van der Waals surface area contributed by atoms with E-state index in [1.807, 2.05) is 42.5 Å². The quantitative estimate of drug-likeness (QED) is 0.298. The Morgan fingerprint density at radius 3 is 2.62 bits per heavy atom. The number of para-hydroxylation sites is 2. The Morgan fingerprint density at radius 1 is 1.05 bits per heavy atom. The Morgan fingerprint density at radius 2 is 1.85 bits per heavy atom. The molecule has 0 bridgehead atoms. The number of piperazine rings is 1. The number of anilines is 2. The van der Waals surface area contributed by atoms with E-state index in [1.165, 1.54) is 6.26 Å². The van der Waals surface area contributed by atoms with Gasteiger partial charge in [-0.3, -0.25) is 9.69 Å². The molecule has 0 radical (unpaired) electrons. The van der Waals surface area contributed by atoms with E-state index in [0.29, 0.717) is 17.2 Å². The summed E-state index contributed by atoms with van der Waals surface area (Å²) < 4.78 is 26.6. The van der Waals surface area contributed by atoms with Crippen molar-refractivity contribution in [1.82, 2.24) is 24.2 Å². The molecule has 2 aromatic carbocycles. The van der Waals surface area contributed by atoms with Crippen molar-refractivity contribution in [2.75, 3.05) is 55.7 Å². The van der Waals surface area contributed by atoms with Gasteiger partial charge in [0.1, 0.15) is 5.69 Å². The van der Waals surface area contributed by atoms with Crippen molar-refractivity contribution < 1.29 is 13.2 Å². The van der Waals surface area contributed by atoms with Crippen LogP contribution in [0.1, 0.15) is 16.9 Å². The van der Waals surface area contributed by atoms with Crippen LogP contribution in [0.2, 0.25) is 5.02 Å². The molecule has 204 valence electrons. The SMILES string of the molecule is CS(=O)(=O)NCCCN1CCN(c2ccccc2NC(=O)c2ccn3ncc(-c4cccc(Cl)c4)c3n2)CC1. The smallest absolute Gasteiger partial charge is 0.274 e. The lowest BCUT2D eigenvalue weighted by molar-refractivity contribution is 0.102. The lowest BCUT2D eigenvalue weighted by Crippen LogP contribution is -2.47. The summed E-state index contributed by atoms with van der Waals surface area (Å²) in [5.41, 5.74) is 4.19.